The molecule has 2 aromatic carbocycles. The Balaban J connectivity index is 1.67. The maximum absolute atomic E-state index is 5.86. The number of fused-ring (bicyclic) bond motifs is 1. The number of aromatic nitrogens is 4. The summed E-state index contributed by atoms with van der Waals surface area (Å²) in [6.07, 6.45) is 1.85. The van der Waals surface area contributed by atoms with Crippen molar-refractivity contribution in [2.45, 2.75) is 26.5 Å². The van der Waals surface area contributed by atoms with Crippen molar-refractivity contribution in [3.63, 3.8) is 0 Å². The number of ether oxygens (including phenoxy) is 1. The highest BCUT2D eigenvalue weighted by Crippen LogP contribution is 2.28. The van der Waals surface area contributed by atoms with Crippen LogP contribution < -0.4 is 10.5 Å². The Labute approximate surface area is 150 Å². The van der Waals surface area contributed by atoms with Crippen molar-refractivity contribution in [1.82, 2.24) is 20.3 Å². The van der Waals surface area contributed by atoms with Crippen LogP contribution in [0.3, 0.4) is 0 Å². The molecule has 3 N–H and O–H groups in total. The van der Waals surface area contributed by atoms with Crippen LogP contribution in [0.15, 0.2) is 47.1 Å². The zero-order valence-corrected chi connectivity index (χ0v) is 14.6. The van der Waals surface area contributed by atoms with Gasteiger partial charge in [0.05, 0.1) is 17.8 Å². The summed E-state index contributed by atoms with van der Waals surface area (Å²) in [5.74, 6) is 1.74. The number of nitrogens with zero attached hydrogens (tertiary/aromatic N) is 3. The number of nitrogens with two attached hydrogens (primary N) is 1. The predicted octanol–water partition coefficient (Wildman–Crippen LogP) is 3.53. The van der Waals surface area contributed by atoms with Gasteiger partial charge in [-0.25, -0.2) is 0 Å². The molecule has 7 heteroatoms. The standard InChI is InChI=1S/C19H19N5O2/c1-11(2)25-17-6-4-13(8-14(17)9-20)19-22-18(24-26-19)12-3-5-16-15(7-12)10-21-23-16/h3-8,10-11H,9,20H2,1-2H3,(H,21,23). The summed E-state index contributed by atoms with van der Waals surface area (Å²) in [6, 6.07) is 11.6. The van der Waals surface area contributed by atoms with Gasteiger partial charge in [-0.2, -0.15) is 10.1 Å². The lowest BCUT2D eigenvalue weighted by Crippen LogP contribution is -2.09. The summed E-state index contributed by atoms with van der Waals surface area (Å²) in [5, 5.41) is 12.0. The van der Waals surface area contributed by atoms with Crippen molar-refractivity contribution >= 4 is 10.9 Å². The van der Waals surface area contributed by atoms with Gasteiger partial charge in [-0.3, -0.25) is 5.10 Å². The average Bonchev–Trinajstić information content (AvgIpc) is 3.30. The molecule has 0 unspecified atom stereocenters. The van der Waals surface area contributed by atoms with Crippen molar-refractivity contribution in [3.8, 4) is 28.6 Å². The van der Waals surface area contributed by atoms with E-state index in [0.717, 1.165) is 33.3 Å². The van der Waals surface area contributed by atoms with E-state index in [0.29, 0.717) is 18.3 Å². The van der Waals surface area contributed by atoms with E-state index < -0.39 is 0 Å². The smallest absolute Gasteiger partial charge is 0.258 e. The van der Waals surface area contributed by atoms with Gasteiger partial charge in [0.15, 0.2) is 0 Å². The lowest BCUT2D eigenvalue weighted by molar-refractivity contribution is 0.240. The number of benzene rings is 2. The number of nitrogens with one attached hydrogen (secondary N) is 1. The Morgan fingerprint density at radius 3 is 2.81 bits per heavy atom. The monoisotopic (exact) mass is 349 g/mol. The van der Waals surface area contributed by atoms with Gasteiger partial charge in [0.2, 0.25) is 5.82 Å². The van der Waals surface area contributed by atoms with Gasteiger partial charge in [-0.05, 0) is 50.2 Å². The Morgan fingerprint density at radius 1 is 1.15 bits per heavy atom. The molecule has 0 aliphatic rings. The first-order valence-corrected chi connectivity index (χ1v) is 8.41. The fraction of sp³-hybridized carbons (Fsp3) is 0.211. The van der Waals surface area contributed by atoms with Gasteiger partial charge in [0.1, 0.15) is 5.75 Å². The van der Waals surface area contributed by atoms with Gasteiger partial charge in [-0.15, -0.1) is 0 Å². The normalized spacial score (nSPS) is 11.4. The van der Waals surface area contributed by atoms with E-state index in [1.165, 1.54) is 0 Å². The van der Waals surface area contributed by atoms with Gasteiger partial charge >= 0.3 is 0 Å². The first-order valence-electron chi connectivity index (χ1n) is 8.41. The van der Waals surface area contributed by atoms with Crippen LogP contribution in [0.25, 0.3) is 33.7 Å². The maximum Gasteiger partial charge on any atom is 0.258 e. The van der Waals surface area contributed by atoms with Crippen molar-refractivity contribution < 1.29 is 9.26 Å². The second-order valence-electron chi connectivity index (χ2n) is 6.29. The quantitative estimate of drug-likeness (QED) is 0.571. The summed E-state index contributed by atoms with van der Waals surface area (Å²) < 4.78 is 11.2. The third kappa shape index (κ3) is 3.04. The minimum Gasteiger partial charge on any atom is -0.491 e. The zero-order valence-electron chi connectivity index (χ0n) is 14.6. The van der Waals surface area contributed by atoms with E-state index in [-0.39, 0.29) is 6.10 Å². The molecule has 2 aromatic heterocycles. The van der Waals surface area contributed by atoms with Crippen LogP contribution in [0.2, 0.25) is 0 Å². The molecule has 4 aromatic rings. The highest BCUT2D eigenvalue weighted by molar-refractivity contribution is 5.82. The number of hydrogen-bond acceptors (Lipinski definition) is 6. The second kappa shape index (κ2) is 6.61. The van der Waals surface area contributed by atoms with Gasteiger partial charge in [0, 0.05) is 28.6 Å². The van der Waals surface area contributed by atoms with Crippen LogP contribution in [0, 0.1) is 0 Å². The van der Waals surface area contributed by atoms with E-state index in [2.05, 4.69) is 20.3 Å². The number of H-pyrrole nitrogens is 1. The maximum atomic E-state index is 5.86. The van der Waals surface area contributed by atoms with Crippen molar-refractivity contribution in [3.05, 3.63) is 48.2 Å². The lowest BCUT2D eigenvalue weighted by atomic mass is 10.1. The van der Waals surface area contributed by atoms with Crippen LogP contribution >= 0.6 is 0 Å². The van der Waals surface area contributed by atoms with Crippen molar-refractivity contribution in [2.24, 2.45) is 5.73 Å². The fourth-order valence-corrected chi connectivity index (χ4v) is 2.78. The molecule has 0 atom stereocenters. The minimum atomic E-state index is 0.0824. The first-order chi connectivity index (χ1) is 12.6. The molecule has 0 amide bonds. The molecule has 0 spiro atoms. The van der Waals surface area contributed by atoms with E-state index in [1.54, 1.807) is 6.20 Å². The molecule has 0 bridgehead atoms. The molecule has 132 valence electrons. The number of aromatic amines is 1. The fourth-order valence-electron chi connectivity index (χ4n) is 2.78. The summed E-state index contributed by atoms with van der Waals surface area (Å²) in [5.41, 5.74) is 9.40. The lowest BCUT2D eigenvalue weighted by Gasteiger charge is -2.13. The largest absolute Gasteiger partial charge is 0.491 e. The number of rotatable bonds is 5. The molecular weight excluding hydrogens is 330 g/mol. The molecule has 0 aliphatic carbocycles. The van der Waals surface area contributed by atoms with Gasteiger partial charge < -0.3 is 15.0 Å². The molecule has 7 nitrogen and oxygen atoms in total. The van der Waals surface area contributed by atoms with E-state index in [1.807, 2.05) is 50.2 Å². The number of hydrogen-bond donors (Lipinski definition) is 2. The molecule has 2 heterocycles. The molecule has 0 radical (unpaired) electrons. The van der Waals surface area contributed by atoms with E-state index in [9.17, 15) is 0 Å². The Bertz CT molecular complexity index is 1050. The average molecular weight is 349 g/mol. The van der Waals surface area contributed by atoms with Crippen molar-refractivity contribution in [2.75, 3.05) is 0 Å². The van der Waals surface area contributed by atoms with E-state index >= 15 is 0 Å². The van der Waals surface area contributed by atoms with Crippen LogP contribution in [-0.4, -0.2) is 26.4 Å². The topological polar surface area (TPSA) is 103 Å². The summed E-state index contributed by atoms with van der Waals surface area (Å²) in [6.45, 7) is 4.33. The molecule has 0 fully saturated rings. The van der Waals surface area contributed by atoms with Crippen LogP contribution in [0.4, 0.5) is 0 Å². The molecule has 26 heavy (non-hydrogen) atoms. The molecule has 0 saturated heterocycles. The Hall–Kier alpha value is -3.19. The van der Waals surface area contributed by atoms with Crippen LogP contribution in [0.1, 0.15) is 19.4 Å². The van der Waals surface area contributed by atoms with Crippen LogP contribution in [-0.2, 0) is 6.54 Å². The van der Waals surface area contributed by atoms with Crippen LogP contribution in [0.5, 0.6) is 5.75 Å². The second-order valence-corrected chi connectivity index (χ2v) is 6.29. The summed E-state index contributed by atoms with van der Waals surface area (Å²) >= 11 is 0. The predicted molar refractivity (Wildman–Crippen MR) is 98.5 cm³/mol. The zero-order chi connectivity index (χ0) is 18.1. The molecule has 0 saturated carbocycles. The highest BCUT2D eigenvalue weighted by atomic mass is 16.5. The third-order valence-corrected chi connectivity index (χ3v) is 4.01. The van der Waals surface area contributed by atoms with E-state index in [4.69, 9.17) is 15.0 Å². The van der Waals surface area contributed by atoms with Gasteiger partial charge in [-0.1, -0.05) is 5.16 Å². The minimum absolute atomic E-state index is 0.0824. The van der Waals surface area contributed by atoms with Gasteiger partial charge in [0.25, 0.3) is 5.89 Å². The summed E-state index contributed by atoms with van der Waals surface area (Å²) in [4.78, 5) is 4.52. The van der Waals surface area contributed by atoms with Crippen molar-refractivity contribution in [1.29, 1.82) is 0 Å². The third-order valence-electron chi connectivity index (χ3n) is 4.01. The SMILES string of the molecule is CC(C)Oc1ccc(-c2nc(-c3ccc4[nH]ncc4c3)no2)cc1CN. The Kier molecular flexibility index (Phi) is 4.14. The molecular formula is C19H19N5O2. The molecule has 0 aliphatic heterocycles. The summed E-state index contributed by atoms with van der Waals surface area (Å²) in [7, 11) is 0. The molecule has 4 rings (SSSR count). The highest BCUT2D eigenvalue weighted by Gasteiger charge is 2.14. The Morgan fingerprint density at radius 2 is 2.00 bits per heavy atom. The first kappa shape index (κ1) is 16.3.